The van der Waals surface area contributed by atoms with Crippen LogP contribution in [-0.4, -0.2) is 17.0 Å². The highest BCUT2D eigenvalue weighted by Gasteiger charge is 2.10. The number of nitrogens with zero attached hydrogens (tertiary/aromatic N) is 3. The molecule has 2 aromatic carbocycles. The molecule has 1 heterocycles. The predicted octanol–water partition coefficient (Wildman–Crippen LogP) is 5.26. The highest BCUT2D eigenvalue weighted by Crippen LogP contribution is 2.30. The van der Waals surface area contributed by atoms with Gasteiger partial charge in [-0.15, -0.1) is 0 Å². The molecule has 0 saturated heterocycles. The summed E-state index contributed by atoms with van der Waals surface area (Å²) in [4.78, 5) is 10.9. The first-order valence-electron chi connectivity index (χ1n) is 7.70. The summed E-state index contributed by atoms with van der Waals surface area (Å²) in [6, 6.07) is 16.0. The summed E-state index contributed by atoms with van der Waals surface area (Å²) in [7, 11) is 1.98. The fourth-order valence-electron chi connectivity index (χ4n) is 2.57. The van der Waals surface area contributed by atoms with Crippen molar-refractivity contribution in [3.05, 3.63) is 70.9 Å². The summed E-state index contributed by atoms with van der Waals surface area (Å²) in [5, 5.41) is 3.90. The molecule has 0 bridgehead atoms. The van der Waals surface area contributed by atoms with Gasteiger partial charge in [-0.1, -0.05) is 35.9 Å². The minimum atomic E-state index is 0.518. The molecule has 0 atom stereocenters. The number of benzene rings is 2. The van der Waals surface area contributed by atoms with E-state index in [4.69, 9.17) is 11.6 Å². The van der Waals surface area contributed by atoms with Crippen LogP contribution in [-0.2, 0) is 0 Å². The predicted molar refractivity (Wildman–Crippen MR) is 101 cm³/mol. The molecule has 0 amide bonds. The molecule has 122 valence electrons. The molecule has 3 rings (SSSR count). The molecule has 0 aliphatic rings. The molecule has 0 unspecified atom stereocenters. The third-order valence-electron chi connectivity index (χ3n) is 3.80. The van der Waals surface area contributed by atoms with Crippen molar-refractivity contribution in [2.45, 2.75) is 13.8 Å². The Kier molecular flexibility index (Phi) is 4.67. The summed E-state index contributed by atoms with van der Waals surface area (Å²) in [5.74, 6) is 1.32. The van der Waals surface area contributed by atoms with Gasteiger partial charge in [0.15, 0.2) is 0 Å². The minimum absolute atomic E-state index is 0.518. The van der Waals surface area contributed by atoms with Gasteiger partial charge in [-0.3, -0.25) is 0 Å². The molecule has 0 fully saturated rings. The van der Waals surface area contributed by atoms with Gasteiger partial charge in [-0.2, -0.15) is 4.98 Å². The second-order valence-corrected chi connectivity index (χ2v) is 6.10. The summed E-state index contributed by atoms with van der Waals surface area (Å²) in [5.41, 5.74) is 4.08. The van der Waals surface area contributed by atoms with Crippen LogP contribution < -0.4 is 10.2 Å². The van der Waals surface area contributed by atoms with E-state index in [1.807, 2.05) is 68.3 Å². The molecular formula is C19H19ClN4. The van der Waals surface area contributed by atoms with Gasteiger partial charge in [0.1, 0.15) is 5.82 Å². The van der Waals surface area contributed by atoms with Crippen molar-refractivity contribution in [1.29, 1.82) is 0 Å². The van der Waals surface area contributed by atoms with E-state index in [-0.39, 0.29) is 0 Å². The molecule has 0 radical (unpaired) electrons. The van der Waals surface area contributed by atoms with Crippen LogP contribution >= 0.6 is 11.6 Å². The quantitative estimate of drug-likeness (QED) is 0.704. The summed E-state index contributed by atoms with van der Waals surface area (Å²) in [6.45, 7) is 4.04. The molecule has 0 saturated carbocycles. The van der Waals surface area contributed by atoms with Crippen LogP contribution in [0.2, 0.25) is 5.02 Å². The van der Waals surface area contributed by atoms with Crippen molar-refractivity contribution in [3.63, 3.8) is 0 Å². The van der Waals surface area contributed by atoms with E-state index in [0.29, 0.717) is 11.0 Å². The zero-order valence-electron chi connectivity index (χ0n) is 13.9. The maximum Gasteiger partial charge on any atom is 0.229 e. The van der Waals surface area contributed by atoms with Crippen molar-refractivity contribution in [3.8, 4) is 0 Å². The number of rotatable bonds is 4. The standard InChI is InChI=1S/C19H19ClN4/c1-13-11-14(2)18(16(20)12-13)23-19-21-10-9-17(22-19)24(3)15-7-5-4-6-8-15/h4-12H,1-3H3,(H,21,22,23). The van der Waals surface area contributed by atoms with E-state index in [2.05, 4.69) is 21.4 Å². The van der Waals surface area contributed by atoms with E-state index in [1.54, 1.807) is 6.20 Å². The van der Waals surface area contributed by atoms with E-state index in [0.717, 1.165) is 28.3 Å². The number of para-hydroxylation sites is 1. The molecule has 1 aromatic heterocycles. The molecule has 4 nitrogen and oxygen atoms in total. The maximum atomic E-state index is 6.35. The Labute approximate surface area is 147 Å². The average Bonchev–Trinajstić information content (AvgIpc) is 2.58. The van der Waals surface area contributed by atoms with E-state index in [1.165, 1.54) is 0 Å². The van der Waals surface area contributed by atoms with Gasteiger partial charge < -0.3 is 10.2 Å². The minimum Gasteiger partial charge on any atom is -0.329 e. The van der Waals surface area contributed by atoms with Crippen molar-refractivity contribution in [1.82, 2.24) is 9.97 Å². The number of hydrogen-bond donors (Lipinski definition) is 1. The van der Waals surface area contributed by atoms with Crippen LogP contribution in [0.5, 0.6) is 0 Å². The van der Waals surface area contributed by atoms with Crippen molar-refractivity contribution >= 4 is 34.7 Å². The average molecular weight is 339 g/mol. The first-order valence-corrected chi connectivity index (χ1v) is 8.08. The fraction of sp³-hybridized carbons (Fsp3) is 0.158. The number of halogens is 1. The molecule has 24 heavy (non-hydrogen) atoms. The Morgan fingerprint density at radius 2 is 1.79 bits per heavy atom. The Bertz CT molecular complexity index is 826. The van der Waals surface area contributed by atoms with Crippen molar-refractivity contribution in [2.24, 2.45) is 0 Å². The topological polar surface area (TPSA) is 41.1 Å². The Morgan fingerprint density at radius 1 is 1.04 bits per heavy atom. The summed E-state index contributed by atoms with van der Waals surface area (Å²) in [6.07, 6.45) is 1.74. The third kappa shape index (κ3) is 3.49. The van der Waals surface area contributed by atoms with Gasteiger partial charge in [-0.05, 0) is 49.2 Å². The van der Waals surface area contributed by atoms with Crippen LogP contribution in [0.4, 0.5) is 23.1 Å². The normalized spacial score (nSPS) is 10.5. The van der Waals surface area contributed by atoms with Crippen LogP contribution in [0.3, 0.4) is 0 Å². The highest BCUT2D eigenvalue weighted by molar-refractivity contribution is 6.33. The SMILES string of the molecule is Cc1cc(C)c(Nc2nccc(N(C)c3ccccc3)n2)c(Cl)c1. The van der Waals surface area contributed by atoms with Gasteiger partial charge in [0.25, 0.3) is 0 Å². The second kappa shape index (κ2) is 6.89. The first-order chi connectivity index (χ1) is 11.5. The molecular weight excluding hydrogens is 320 g/mol. The lowest BCUT2D eigenvalue weighted by molar-refractivity contribution is 1.08. The Balaban J connectivity index is 1.89. The summed E-state index contributed by atoms with van der Waals surface area (Å²) < 4.78 is 0. The number of anilines is 4. The van der Waals surface area contributed by atoms with Crippen LogP contribution in [0, 0.1) is 13.8 Å². The first kappa shape index (κ1) is 16.3. The van der Waals surface area contributed by atoms with Gasteiger partial charge in [0.05, 0.1) is 10.7 Å². The lowest BCUT2D eigenvalue weighted by Gasteiger charge is -2.19. The van der Waals surface area contributed by atoms with Gasteiger partial charge in [-0.25, -0.2) is 4.98 Å². The van der Waals surface area contributed by atoms with E-state index in [9.17, 15) is 0 Å². The van der Waals surface area contributed by atoms with Crippen LogP contribution in [0.1, 0.15) is 11.1 Å². The zero-order valence-corrected chi connectivity index (χ0v) is 14.7. The third-order valence-corrected chi connectivity index (χ3v) is 4.09. The number of aryl methyl sites for hydroxylation is 2. The van der Waals surface area contributed by atoms with Gasteiger partial charge >= 0.3 is 0 Å². The van der Waals surface area contributed by atoms with E-state index >= 15 is 0 Å². The van der Waals surface area contributed by atoms with Gasteiger partial charge in [0, 0.05) is 18.9 Å². The van der Waals surface area contributed by atoms with Crippen molar-refractivity contribution < 1.29 is 0 Å². The Morgan fingerprint density at radius 3 is 2.50 bits per heavy atom. The Hall–Kier alpha value is -2.59. The monoisotopic (exact) mass is 338 g/mol. The smallest absolute Gasteiger partial charge is 0.229 e. The molecule has 0 aliphatic carbocycles. The van der Waals surface area contributed by atoms with E-state index < -0.39 is 0 Å². The van der Waals surface area contributed by atoms with Crippen molar-refractivity contribution in [2.75, 3.05) is 17.3 Å². The summed E-state index contributed by atoms with van der Waals surface area (Å²) >= 11 is 6.35. The fourth-order valence-corrected chi connectivity index (χ4v) is 2.93. The van der Waals surface area contributed by atoms with Crippen LogP contribution in [0.25, 0.3) is 0 Å². The number of hydrogen-bond acceptors (Lipinski definition) is 4. The molecule has 1 N–H and O–H groups in total. The lowest BCUT2D eigenvalue weighted by Crippen LogP contribution is -2.12. The number of aromatic nitrogens is 2. The maximum absolute atomic E-state index is 6.35. The molecule has 0 spiro atoms. The van der Waals surface area contributed by atoms with Gasteiger partial charge in [0.2, 0.25) is 5.95 Å². The second-order valence-electron chi connectivity index (χ2n) is 5.70. The lowest BCUT2D eigenvalue weighted by atomic mass is 10.1. The van der Waals surface area contributed by atoms with Crippen LogP contribution in [0.15, 0.2) is 54.7 Å². The number of nitrogens with one attached hydrogen (secondary N) is 1. The highest BCUT2D eigenvalue weighted by atomic mass is 35.5. The molecule has 0 aliphatic heterocycles. The molecule has 3 aromatic rings. The zero-order chi connectivity index (χ0) is 17.1. The largest absolute Gasteiger partial charge is 0.329 e. The molecule has 5 heteroatoms.